The van der Waals surface area contributed by atoms with Gasteiger partial charge in [-0.3, -0.25) is 9.89 Å². The fourth-order valence-electron chi connectivity index (χ4n) is 4.98. The standard InChI is InChI=1S/C20H24N4O/c25-19-2-1-7-23(19)12-15-8-20(9-15)13-24(14-20)18-5-3-16(4-6-18)17-10-21-22-11-17/h3-6,10-11,15H,1-2,7-9,12-14H2,(H,21,22). The number of anilines is 1. The average molecular weight is 336 g/mol. The first-order chi connectivity index (χ1) is 12.2. The van der Waals surface area contributed by atoms with E-state index in [1.807, 2.05) is 12.4 Å². The Kier molecular flexibility index (Phi) is 3.37. The van der Waals surface area contributed by atoms with Gasteiger partial charge in [-0.1, -0.05) is 12.1 Å². The predicted octanol–water partition coefficient (Wildman–Crippen LogP) is 2.92. The van der Waals surface area contributed by atoms with E-state index in [2.05, 4.69) is 44.3 Å². The molecule has 3 heterocycles. The van der Waals surface area contributed by atoms with Gasteiger partial charge in [0.15, 0.2) is 0 Å². The Hall–Kier alpha value is -2.30. The molecule has 0 atom stereocenters. The molecule has 5 heteroatoms. The molecule has 2 aliphatic heterocycles. The van der Waals surface area contributed by atoms with Gasteiger partial charge in [0, 0.05) is 55.5 Å². The number of nitrogens with one attached hydrogen (secondary N) is 1. The SMILES string of the molecule is O=C1CCCN1CC1CC2(C1)CN(c1ccc(-c3cn[nH]c3)cc1)C2. The average Bonchev–Trinajstić information content (AvgIpc) is 3.21. The number of amides is 1. The minimum atomic E-state index is 0.369. The van der Waals surface area contributed by atoms with Gasteiger partial charge >= 0.3 is 0 Å². The van der Waals surface area contributed by atoms with Crippen molar-refractivity contribution in [3.8, 4) is 11.1 Å². The number of likely N-dealkylation sites (tertiary alicyclic amines) is 1. The Morgan fingerprint density at radius 1 is 1.16 bits per heavy atom. The molecule has 25 heavy (non-hydrogen) atoms. The number of H-pyrrole nitrogens is 1. The van der Waals surface area contributed by atoms with Crippen LogP contribution in [0.4, 0.5) is 5.69 Å². The van der Waals surface area contributed by atoms with E-state index in [0.717, 1.165) is 37.4 Å². The molecule has 0 bridgehead atoms. The Balaban J connectivity index is 1.14. The molecule has 1 aliphatic carbocycles. The van der Waals surface area contributed by atoms with Crippen molar-refractivity contribution in [1.29, 1.82) is 0 Å². The van der Waals surface area contributed by atoms with Crippen LogP contribution in [0, 0.1) is 11.3 Å². The lowest BCUT2D eigenvalue weighted by atomic mass is 9.57. The van der Waals surface area contributed by atoms with Crippen molar-refractivity contribution in [2.45, 2.75) is 25.7 Å². The van der Waals surface area contributed by atoms with Crippen LogP contribution in [0.25, 0.3) is 11.1 Å². The molecule has 3 aliphatic rings. The summed E-state index contributed by atoms with van der Waals surface area (Å²) in [4.78, 5) is 16.3. The molecular weight excluding hydrogens is 312 g/mol. The third-order valence-electron chi connectivity index (χ3n) is 6.21. The largest absolute Gasteiger partial charge is 0.370 e. The van der Waals surface area contributed by atoms with E-state index in [1.165, 1.54) is 37.2 Å². The number of hydrogen-bond donors (Lipinski definition) is 1. The second kappa shape index (κ2) is 5.61. The summed E-state index contributed by atoms with van der Waals surface area (Å²) in [7, 11) is 0. The maximum absolute atomic E-state index is 11.8. The molecule has 3 fully saturated rings. The highest BCUT2D eigenvalue weighted by atomic mass is 16.2. The molecule has 2 aromatic rings. The number of nitrogens with zero attached hydrogens (tertiary/aromatic N) is 3. The number of aromatic amines is 1. The van der Waals surface area contributed by atoms with Gasteiger partial charge in [0.1, 0.15) is 0 Å². The molecule has 130 valence electrons. The first-order valence-electron chi connectivity index (χ1n) is 9.33. The van der Waals surface area contributed by atoms with E-state index in [4.69, 9.17) is 0 Å². The third-order valence-corrected chi connectivity index (χ3v) is 6.21. The smallest absolute Gasteiger partial charge is 0.222 e. The maximum atomic E-state index is 11.8. The Labute approximate surface area is 148 Å². The van der Waals surface area contributed by atoms with Crippen LogP contribution >= 0.6 is 0 Å². The van der Waals surface area contributed by atoms with Crippen LogP contribution in [-0.4, -0.2) is 47.2 Å². The Bertz CT molecular complexity index is 754. The van der Waals surface area contributed by atoms with E-state index in [-0.39, 0.29) is 0 Å². The number of carbonyl (C=O) groups is 1. The third kappa shape index (κ3) is 2.62. The van der Waals surface area contributed by atoms with Gasteiger partial charge in [-0.05, 0) is 42.9 Å². The van der Waals surface area contributed by atoms with Gasteiger partial charge in [0.2, 0.25) is 5.91 Å². The first-order valence-corrected chi connectivity index (χ1v) is 9.33. The van der Waals surface area contributed by atoms with Crippen LogP contribution in [0.5, 0.6) is 0 Å². The maximum Gasteiger partial charge on any atom is 0.222 e. The Morgan fingerprint density at radius 3 is 2.60 bits per heavy atom. The van der Waals surface area contributed by atoms with Crippen molar-refractivity contribution < 1.29 is 4.79 Å². The summed E-state index contributed by atoms with van der Waals surface area (Å²) in [5.74, 6) is 1.10. The highest BCUT2D eigenvalue weighted by molar-refractivity contribution is 5.78. The van der Waals surface area contributed by atoms with Crippen LogP contribution in [0.3, 0.4) is 0 Å². The van der Waals surface area contributed by atoms with Crippen LogP contribution < -0.4 is 4.90 Å². The minimum absolute atomic E-state index is 0.369. The zero-order valence-corrected chi connectivity index (χ0v) is 14.4. The van der Waals surface area contributed by atoms with Crippen LogP contribution in [0.15, 0.2) is 36.7 Å². The van der Waals surface area contributed by atoms with E-state index in [1.54, 1.807) is 0 Å². The number of aromatic nitrogens is 2. The molecule has 1 aromatic carbocycles. The molecule has 0 radical (unpaired) electrons. The van der Waals surface area contributed by atoms with Crippen molar-refractivity contribution in [3.63, 3.8) is 0 Å². The first kappa shape index (κ1) is 15.0. The van der Waals surface area contributed by atoms with E-state index in [0.29, 0.717) is 11.3 Å². The zero-order valence-electron chi connectivity index (χ0n) is 14.4. The number of rotatable bonds is 4. The monoisotopic (exact) mass is 336 g/mol. The lowest BCUT2D eigenvalue weighted by Gasteiger charge is -2.60. The minimum Gasteiger partial charge on any atom is -0.370 e. The molecule has 5 rings (SSSR count). The lowest BCUT2D eigenvalue weighted by Crippen LogP contribution is -2.63. The quantitative estimate of drug-likeness (QED) is 0.934. The summed E-state index contributed by atoms with van der Waals surface area (Å²) in [6.07, 6.45) is 8.18. The normalized spacial score (nSPS) is 22.3. The molecule has 1 N–H and O–H groups in total. The predicted molar refractivity (Wildman–Crippen MR) is 97.2 cm³/mol. The number of benzene rings is 1. The molecule has 0 unspecified atom stereocenters. The summed E-state index contributed by atoms with van der Waals surface area (Å²) >= 11 is 0. The fourth-order valence-corrected chi connectivity index (χ4v) is 4.98. The van der Waals surface area contributed by atoms with E-state index < -0.39 is 0 Å². The summed E-state index contributed by atoms with van der Waals surface area (Å²) in [6, 6.07) is 8.78. The summed E-state index contributed by atoms with van der Waals surface area (Å²) < 4.78 is 0. The summed E-state index contributed by atoms with van der Waals surface area (Å²) in [5.41, 5.74) is 4.17. The van der Waals surface area contributed by atoms with E-state index in [9.17, 15) is 4.79 Å². The second-order valence-corrected chi connectivity index (χ2v) is 8.11. The van der Waals surface area contributed by atoms with Gasteiger partial charge < -0.3 is 9.80 Å². The van der Waals surface area contributed by atoms with Crippen molar-refractivity contribution in [3.05, 3.63) is 36.7 Å². The van der Waals surface area contributed by atoms with E-state index >= 15 is 0 Å². The number of hydrogen-bond acceptors (Lipinski definition) is 3. The Morgan fingerprint density at radius 2 is 1.96 bits per heavy atom. The summed E-state index contributed by atoms with van der Waals surface area (Å²) in [6.45, 7) is 4.32. The molecule has 1 amide bonds. The molecule has 5 nitrogen and oxygen atoms in total. The van der Waals surface area contributed by atoms with Crippen LogP contribution in [0.1, 0.15) is 25.7 Å². The highest BCUT2D eigenvalue weighted by Crippen LogP contribution is 2.53. The van der Waals surface area contributed by atoms with Gasteiger partial charge in [-0.2, -0.15) is 5.10 Å². The van der Waals surface area contributed by atoms with Gasteiger partial charge in [0.25, 0.3) is 0 Å². The van der Waals surface area contributed by atoms with Crippen molar-refractivity contribution >= 4 is 11.6 Å². The molecule has 1 aromatic heterocycles. The van der Waals surface area contributed by atoms with Crippen molar-refractivity contribution in [2.75, 3.05) is 31.1 Å². The van der Waals surface area contributed by atoms with Gasteiger partial charge in [0.05, 0.1) is 6.20 Å². The van der Waals surface area contributed by atoms with Crippen molar-refractivity contribution in [2.24, 2.45) is 11.3 Å². The van der Waals surface area contributed by atoms with Gasteiger partial charge in [-0.25, -0.2) is 0 Å². The van der Waals surface area contributed by atoms with Crippen LogP contribution in [0.2, 0.25) is 0 Å². The van der Waals surface area contributed by atoms with Crippen molar-refractivity contribution in [1.82, 2.24) is 15.1 Å². The molecular formula is C20H24N4O. The highest BCUT2D eigenvalue weighted by Gasteiger charge is 2.52. The molecule has 1 spiro atoms. The fraction of sp³-hybridized carbons (Fsp3) is 0.500. The zero-order chi connectivity index (χ0) is 16.9. The summed E-state index contributed by atoms with van der Waals surface area (Å²) in [5, 5.41) is 6.87. The molecule has 1 saturated carbocycles. The van der Waals surface area contributed by atoms with Gasteiger partial charge in [-0.15, -0.1) is 0 Å². The lowest BCUT2D eigenvalue weighted by molar-refractivity contribution is -0.129. The number of carbonyl (C=O) groups excluding carboxylic acids is 1. The topological polar surface area (TPSA) is 52.2 Å². The second-order valence-electron chi connectivity index (χ2n) is 8.11. The molecule has 2 saturated heterocycles. The van der Waals surface area contributed by atoms with Crippen LogP contribution in [-0.2, 0) is 4.79 Å².